The van der Waals surface area contributed by atoms with E-state index < -0.39 is 0 Å². The minimum absolute atomic E-state index is 0.224. The fraction of sp³-hybridized carbons (Fsp3) is 0.667. The van der Waals surface area contributed by atoms with Crippen LogP contribution in [0, 0.1) is 12.8 Å². The van der Waals surface area contributed by atoms with E-state index >= 15 is 0 Å². The summed E-state index contributed by atoms with van der Waals surface area (Å²) in [6.45, 7) is 2.55. The summed E-state index contributed by atoms with van der Waals surface area (Å²) in [7, 11) is 1.36. The summed E-state index contributed by atoms with van der Waals surface area (Å²) >= 11 is 0. The van der Waals surface area contributed by atoms with Crippen LogP contribution in [0.4, 0.5) is 0 Å². The van der Waals surface area contributed by atoms with Crippen molar-refractivity contribution in [1.82, 2.24) is 5.32 Å². The van der Waals surface area contributed by atoms with E-state index in [0.717, 1.165) is 18.6 Å². The van der Waals surface area contributed by atoms with Gasteiger partial charge in [-0.25, -0.2) is 4.79 Å². The highest BCUT2D eigenvalue weighted by molar-refractivity contribution is 5.90. The van der Waals surface area contributed by atoms with E-state index in [1.165, 1.54) is 20.0 Å². The molecule has 2 unspecified atom stereocenters. The predicted molar refractivity (Wildman–Crippen MR) is 74.5 cm³/mol. The third-order valence-corrected chi connectivity index (χ3v) is 4.06. The van der Waals surface area contributed by atoms with Crippen LogP contribution in [0.1, 0.15) is 47.6 Å². The second kappa shape index (κ2) is 6.90. The van der Waals surface area contributed by atoms with Gasteiger partial charge in [0.05, 0.1) is 13.7 Å². The van der Waals surface area contributed by atoms with Crippen molar-refractivity contribution in [3.05, 3.63) is 23.2 Å². The van der Waals surface area contributed by atoms with Crippen LogP contribution >= 0.6 is 0 Å². The predicted octanol–water partition coefficient (Wildman–Crippen LogP) is 2.02. The van der Waals surface area contributed by atoms with Gasteiger partial charge in [-0.2, -0.15) is 0 Å². The maximum atomic E-state index is 11.5. The Morgan fingerprint density at radius 2 is 2.25 bits per heavy atom. The first-order valence-corrected chi connectivity index (χ1v) is 7.17. The first-order valence-electron chi connectivity index (χ1n) is 7.17. The number of ether oxygens (including phenoxy) is 1. The molecule has 1 aliphatic carbocycles. The summed E-state index contributed by atoms with van der Waals surface area (Å²) < 4.78 is 10.3. The summed E-state index contributed by atoms with van der Waals surface area (Å²) in [5.41, 5.74) is 0.478. The molecule has 0 radical (unpaired) electrons. The van der Waals surface area contributed by atoms with Crippen LogP contribution < -0.4 is 5.32 Å². The van der Waals surface area contributed by atoms with Gasteiger partial charge < -0.3 is 19.6 Å². The molecule has 0 saturated heterocycles. The van der Waals surface area contributed by atoms with E-state index in [0.29, 0.717) is 29.8 Å². The molecular weight excluding hydrogens is 258 g/mol. The Morgan fingerprint density at radius 1 is 1.50 bits per heavy atom. The third-order valence-electron chi connectivity index (χ3n) is 4.06. The number of rotatable bonds is 5. The van der Waals surface area contributed by atoms with Crippen LogP contribution in [0.5, 0.6) is 0 Å². The lowest BCUT2D eigenvalue weighted by molar-refractivity contribution is 0.0599. The lowest BCUT2D eigenvalue weighted by Crippen LogP contribution is -2.39. The van der Waals surface area contributed by atoms with E-state index in [1.807, 2.05) is 0 Å². The minimum Gasteiger partial charge on any atom is -0.465 e. The number of carbonyl (C=O) groups excluding carboxylic acids is 1. The van der Waals surface area contributed by atoms with Gasteiger partial charge in [0.1, 0.15) is 17.1 Å². The third kappa shape index (κ3) is 3.41. The Hall–Kier alpha value is -1.33. The molecule has 1 aromatic heterocycles. The van der Waals surface area contributed by atoms with Crippen molar-refractivity contribution in [3.63, 3.8) is 0 Å². The molecule has 0 spiro atoms. The zero-order valence-electron chi connectivity index (χ0n) is 12.1. The largest absolute Gasteiger partial charge is 0.465 e. The average Bonchev–Trinajstić information content (AvgIpc) is 2.85. The average molecular weight is 281 g/mol. The molecule has 5 heteroatoms. The molecule has 20 heavy (non-hydrogen) atoms. The van der Waals surface area contributed by atoms with E-state index in [1.54, 1.807) is 13.0 Å². The van der Waals surface area contributed by atoms with Crippen molar-refractivity contribution in [2.75, 3.05) is 13.7 Å². The molecule has 0 aliphatic heterocycles. The Kier molecular flexibility index (Phi) is 5.20. The van der Waals surface area contributed by atoms with E-state index in [-0.39, 0.29) is 12.6 Å². The number of furan rings is 1. The van der Waals surface area contributed by atoms with Crippen molar-refractivity contribution in [1.29, 1.82) is 0 Å². The van der Waals surface area contributed by atoms with E-state index in [2.05, 4.69) is 5.32 Å². The number of nitrogens with one attached hydrogen (secondary N) is 1. The number of carbonyl (C=O) groups is 1. The molecule has 1 saturated carbocycles. The van der Waals surface area contributed by atoms with Crippen molar-refractivity contribution >= 4 is 5.97 Å². The van der Waals surface area contributed by atoms with Gasteiger partial charge in [-0.3, -0.25) is 0 Å². The minimum atomic E-state index is -0.372. The van der Waals surface area contributed by atoms with Gasteiger partial charge in [-0.1, -0.05) is 12.8 Å². The van der Waals surface area contributed by atoms with Gasteiger partial charge in [0.15, 0.2) is 0 Å². The van der Waals surface area contributed by atoms with Crippen LogP contribution in [-0.4, -0.2) is 30.8 Å². The summed E-state index contributed by atoms with van der Waals surface area (Å²) in [5, 5.41) is 12.8. The Bertz CT molecular complexity index is 455. The van der Waals surface area contributed by atoms with Gasteiger partial charge in [-0.15, -0.1) is 0 Å². The Balaban J connectivity index is 1.95. The first kappa shape index (κ1) is 15.1. The molecule has 2 N–H and O–H groups in total. The molecule has 1 heterocycles. The second-order valence-electron chi connectivity index (χ2n) is 5.39. The molecule has 2 atom stereocenters. The van der Waals surface area contributed by atoms with Gasteiger partial charge in [0, 0.05) is 12.6 Å². The number of aliphatic hydroxyl groups is 1. The van der Waals surface area contributed by atoms with E-state index in [9.17, 15) is 9.90 Å². The van der Waals surface area contributed by atoms with Gasteiger partial charge in [0.25, 0.3) is 0 Å². The van der Waals surface area contributed by atoms with Crippen LogP contribution in [0.2, 0.25) is 0 Å². The molecule has 2 rings (SSSR count). The van der Waals surface area contributed by atoms with Crippen molar-refractivity contribution in [2.24, 2.45) is 5.92 Å². The fourth-order valence-electron chi connectivity index (χ4n) is 2.87. The summed E-state index contributed by atoms with van der Waals surface area (Å²) in [6, 6.07) is 2.05. The molecule has 1 aliphatic rings. The lowest BCUT2D eigenvalue weighted by Gasteiger charge is -2.30. The van der Waals surface area contributed by atoms with Crippen LogP contribution in [0.25, 0.3) is 0 Å². The number of hydrogen-bond acceptors (Lipinski definition) is 5. The first-order chi connectivity index (χ1) is 9.65. The fourth-order valence-corrected chi connectivity index (χ4v) is 2.87. The quantitative estimate of drug-likeness (QED) is 0.808. The van der Waals surface area contributed by atoms with Crippen LogP contribution in [-0.2, 0) is 11.3 Å². The van der Waals surface area contributed by atoms with Crippen molar-refractivity contribution in [3.8, 4) is 0 Å². The topological polar surface area (TPSA) is 71.7 Å². The highest BCUT2D eigenvalue weighted by Crippen LogP contribution is 2.24. The summed E-state index contributed by atoms with van der Waals surface area (Å²) in [6.07, 6.45) is 4.53. The monoisotopic (exact) mass is 281 g/mol. The standard InChI is InChI=1S/C15H23NO4/c1-10-13(15(18)19-2)7-12(20-10)8-16-14-6-4-3-5-11(14)9-17/h7,11,14,16-17H,3-6,8-9H2,1-2H3. The van der Waals surface area contributed by atoms with Gasteiger partial charge in [-0.05, 0) is 31.7 Å². The normalized spacial score (nSPS) is 22.8. The number of hydrogen-bond donors (Lipinski definition) is 2. The number of esters is 1. The molecule has 112 valence electrons. The second-order valence-corrected chi connectivity index (χ2v) is 5.39. The Labute approximate surface area is 119 Å². The van der Waals surface area contributed by atoms with E-state index in [4.69, 9.17) is 9.15 Å². The highest BCUT2D eigenvalue weighted by Gasteiger charge is 2.24. The zero-order chi connectivity index (χ0) is 14.5. The lowest BCUT2D eigenvalue weighted by atomic mass is 9.85. The van der Waals surface area contributed by atoms with Gasteiger partial charge >= 0.3 is 5.97 Å². The smallest absolute Gasteiger partial charge is 0.341 e. The maximum absolute atomic E-state index is 11.5. The SMILES string of the molecule is COC(=O)c1cc(CNC2CCCCC2CO)oc1C. The zero-order valence-corrected chi connectivity index (χ0v) is 12.1. The molecular formula is C15H23NO4. The van der Waals surface area contributed by atoms with Crippen LogP contribution in [0.3, 0.4) is 0 Å². The van der Waals surface area contributed by atoms with Crippen molar-refractivity contribution in [2.45, 2.75) is 45.2 Å². The number of methoxy groups -OCH3 is 1. The van der Waals surface area contributed by atoms with Crippen molar-refractivity contribution < 1.29 is 19.1 Å². The number of aryl methyl sites for hydroxylation is 1. The van der Waals surface area contributed by atoms with Crippen LogP contribution in [0.15, 0.2) is 10.5 Å². The molecule has 1 aromatic rings. The molecule has 5 nitrogen and oxygen atoms in total. The summed E-state index contributed by atoms with van der Waals surface area (Å²) in [4.78, 5) is 11.5. The Morgan fingerprint density at radius 3 is 2.95 bits per heavy atom. The van der Waals surface area contributed by atoms with Gasteiger partial charge in [0.2, 0.25) is 0 Å². The molecule has 0 aromatic carbocycles. The molecule has 0 amide bonds. The summed E-state index contributed by atoms with van der Waals surface area (Å²) in [5.74, 6) is 1.25. The maximum Gasteiger partial charge on any atom is 0.341 e. The molecule has 1 fully saturated rings. The number of aliphatic hydroxyl groups excluding tert-OH is 1. The molecule has 0 bridgehead atoms. The highest BCUT2D eigenvalue weighted by atomic mass is 16.5.